The summed E-state index contributed by atoms with van der Waals surface area (Å²) in [6.07, 6.45) is 0. The van der Waals surface area contributed by atoms with Crippen LogP contribution in [-0.4, -0.2) is 13.0 Å². The highest BCUT2D eigenvalue weighted by Gasteiger charge is 2.16. The molecule has 0 spiro atoms. The molecule has 1 amide bonds. The molecule has 0 unspecified atom stereocenters. The van der Waals surface area contributed by atoms with Crippen molar-refractivity contribution in [1.29, 1.82) is 5.26 Å². The van der Waals surface area contributed by atoms with E-state index in [0.29, 0.717) is 22.6 Å². The number of ether oxygens (including phenoxy) is 1. The Balaban J connectivity index is 2.01. The number of fused-ring (bicyclic) bond motifs is 1. The van der Waals surface area contributed by atoms with Crippen molar-refractivity contribution in [3.8, 4) is 11.8 Å². The van der Waals surface area contributed by atoms with E-state index in [1.54, 1.807) is 37.4 Å². The van der Waals surface area contributed by atoms with Gasteiger partial charge in [-0.15, -0.1) is 0 Å². The Morgan fingerprint density at radius 1 is 1.04 bits per heavy atom. The number of methoxy groups -OCH3 is 1. The highest BCUT2D eigenvalue weighted by atomic mass is 16.5. The second kappa shape index (κ2) is 6.20. The predicted octanol–water partition coefficient (Wildman–Crippen LogP) is 3.97. The van der Waals surface area contributed by atoms with Gasteiger partial charge in [-0.1, -0.05) is 30.3 Å². The molecular formula is C19H14N2O2. The molecule has 3 aromatic rings. The van der Waals surface area contributed by atoms with Gasteiger partial charge in [-0.25, -0.2) is 0 Å². The zero-order valence-electron chi connectivity index (χ0n) is 12.5. The fraction of sp³-hybridized carbons (Fsp3) is 0.0526. The topological polar surface area (TPSA) is 62.1 Å². The summed E-state index contributed by atoms with van der Waals surface area (Å²) in [5.74, 6) is 0.276. The van der Waals surface area contributed by atoms with Gasteiger partial charge in [0.15, 0.2) is 0 Å². The van der Waals surface area contributed by atoms with Gasteiger partial charge < -0.3 is 10.1 Å². The molecule has 0 bridgehead atoms. The van der Waals surface area contributed by atoms with E-state index in [1.165, 1.54) is 0 Å². The smallest absolute Gasteiger partial charge is 0.260 e. The minimum absolute atomic E-state index is 0.247. The lowest BCUT2D eigenvalue weighted by molar-refractivity contribution is 0.102. The average molecular weight is 302 g/mol. The third kappa shape index (κ3) is 2.85. The van der Waals surface area contributed by atoms with Crippen LogP contribution in [0.5, 0.6) is 5.75 Å². The van der Waals surface area contributed by atoms with Gasteiger partial charge in [0.05, 0.1) is 24.3 Å². The van der Waals surface area contributed by atoms with Crippen molar-refractivity contribution in [3.63, 3.8) is 0 Å². The standard InChI is InChI=1S/C19H14N2O2/c1-23-17-11-8-14-4-2-3-5-16(14)18(17)19(22)21-15-9-6-13(12-20)7-10-15/h2-11H,1H3,(H,21,22). The van der Waals surface area contributed by atoms with Crippen LogP contribution in [0.1, 0.15) is 15.9 Å². The van der Waals surface area contributed by atoms with Crippen molar-refractivity contribution in [3.05, 3.63) is 71.8 Å². The maximum absolute atomic E-state index is 12.7. The fourth-order valence-corrected chi connectivity index (χ4v) is 2.48. The minimum atomic E-state index is -0.247. The van der Waals surface area contributed by atoms with Crippen molar-refractivity contribution >= 4 is 22.4 Å². The van der Waals surface area contributed by atoms with Crippen LogP contribution < -0.4 is 10.1 Å². The molecule has 3 aromatic carbocycles. The Morgan fingerprint density at radius 3 is 2.48 bits per heavy atom. The highest BCUT2D eigenvalue weighted by molar-refractivity contribution is 6.15. The number of carbonyl (C=O) groups excluding carboxylic acids is 1. The summed E-state index contributed by atoms with van der Waals surface area (Å²) in [6, 6.07) is 20.2. The zero-order valence-corrected chi connectivity index (χ0v) is 12.5. The first-order valence-electron chi connectivity index (χ1n) is 7.10. The molecule has 0 fully saturated rings. The summed E-state index contributed by atoms with van der Waals surface area (Å²) in [5.41, 5.74) is 1.67. The fourth-order valence-electron chi connectivity index (χ4n) is 2.48. The SMILES string of the molecule is COc1ccc2ccccc2c1C(=O)Nc1ccc(C#N)cc1. The van der Waals surface area contributed by atoms with Crippen LogP contribution in [0.15, 0.2) is 60.7 Å². The van der Waals surface area contributed by atoms with Crippen molar-refractivity contribution in [1.82, 2.24) is 0 Å². The molecule has 112 valence electrons. The summed E-state index contributed by atoms with van der Waals surface area (Å²) >= 11 is 0. The molecule has 1 N–H and O–H groups in total. The molecule has 23 heavy (non-hydrogen) atoms. The molecule has 0 saturated heterocycles. The summed E-state index contributed by atoms with van der Waals surface area (Å²) in [5, 5.41) is 13.5. The Labute approximate surface area is 133 Å². The van der Waals surface area contributed by atoms with E-state index in [4.69, 9.17) is 10.00 Å². The number of benzene rings is 3. The minimum Gasteiger partial charge on any atom is -0.496 e. The molecule has 4 nitrogen and oxygen atoms in total. The number of nitriles is 1. The quantitative estimate of drug-likeness (QED) is 0.796. The molecule has 4 heteroatoms. The van der Waals surface area contributed by atoms with Crippen LogP contribution in [0, 0.1) is 11.3 Å². The van der Waals surface area contributed by atoms with E-state index in [2.05, 4.69) is 5.32 Å². The second-order valence-electron chi connectivity index (χ2n) is 5.01. The summed E-state index contributed by atoms with van der Waals surface area (Å²) < 4.78 is 5.34. The molecule has 0 radical (unpaired) electrons. The number of hydrogen-bond acceptors (Lipinski definition) is 3. The van der Waals surface area contributed by atoms with Crippen LogP contribution in [0.3, 0.4) is 0 Å². The lowest BCUT2D eigenvalue weighted by atomic mass is 10.0. The Morgan fingerprint density at radius 2 is 1.78 bits per heavy atom. The Hall–Kier alpha value is -3.32. The molecule has 3 rings (SSSR count). The Kier molecular flexibility index (Phi) is 3.94. The third-order valence-corrected chi connectivity index (χ3v) is 3.61. The van der Waals surface area contributed by atoms with Gasteiger partial charge in [0.1, 0.15) is 5.75 Å². The van der Waals surface area contributed by atoms with E-state index < -0.39 is 0 Å². The lowest BCUT2D eigenvalue weighted by Gasteiger charge is -2.12. The van der Waals surface area contributed by atoms with Gasteiger partial charge in [0.25, 0.3) is 5.91 Å². The normalized spacial score (nSPS) is 10.1. The molecule has 0 aliphatic carbocycles. The summed E-state index contributed by atoms with van der Waals surface area (Å²) in [6.45, 7) is 0. The van der Waals surface area contributed by atoms with Crippen molar-refractivity contribution in [2.45, 2.75) is 0 Å². The van der Waals surface area contributed by atoms with Gasteiger partial charge in [-0.3, -0.25) is 4.79 Å². The second-order valence-corrected chi connectivity index (χ2v) is 5.01. The molecule has 0 aromatic heterocycles. The van der Waals surface area contributed by atoms with Gasteiger partial charge in [0.2, 0.25) is 0 Å². The largest absolute Gasteiger partial charge is 0.496 e. The average Bonchev–Trinajstić information content (AvgIpc) is 2.61. The van der Waals surface area contributed by atoms with Crippen molar-refractivity contribution in [2.75, 3.05) is 12.4 Å². The van der Waals surface area contributed by atoms with Crippen LogP contribution in [0.2, 0.25) is 0 Å². The molecule has 0 heterocycles. The van der Waals surface area contributed by atoms with Gasteiger partial charge in [0, 0.05) is 5.69 Å². The maximum atomic E-state index is 12.7. The van der Waals surface area contributed by atoms with E-state index in [1.807, 2.05) is 36.4 Å². The van der Waals surface area contributed by atoms with Gasteiger partial charge in [-0.2, -0.15) is 5.26 Å². The van der Waals surface area contributed by atoms with Crippen LogP contribution in [0.25, 0.3) is 10.8 Å². The highest BCUT2D eigenvalue weighted by Crippen LogP contribution is 2.28. The number of nitrogens with zero attached hydrogens (tertiary/aromatic N) is 1. The van der Waals surface area contributed by atoms with Crippen LogP contribution in [-0.2, 0) is 0 Å². The first kappa shape index (κ1) is 14.6. The Bertz CT molecular complexity index is 909. The van der Waals surface area contributed by atoms with Crippen LogP contribution >= 0.6 is 0 Å². The molecular weight excluding hydrogens is 288 g/mol. The summed E-state index contributed by atoms with van der Waals surface area (Å²) in [4.78, 5) is 12.7. The van der Waals surface area contributed by atoms with Gasteiger partial charge in [-0.05, 0) is 41.1 Å². The summed E-state index contributed by atoms with van der Waals surface area (Å²) in [7, 11) is 1.54. The van der Waals surface area contributed by atoms with E-state index >= 15 is 0 Å². The lowest BCUT2D eigenvalue weighted by Crippen LogP contribution is -2.13. The number of amides is 1. The number of rotatable bonds is 3. The van der Waals surface area contributed by atoms with E-state index in [0.717, 1.165) is 10.8 Å². The van der Waals surface area contributed by atoms with Gasteiger partial charge >= 0.3 is 0 Å². The molecule has 0 aliphatic rings. The predicted molar refractivity (Wildman–Crippen MR) is 89.6 cm³/mol. The number of nitrogens with one attached hydrogen (secondary N) is 1. The first-order valence-corrected chi connectivity index (χ1v) is 7.10. The van der Waals surface area contributed by atoms with E-state index in [-0.39, 0.29) is 5.91 Å². The zero-order chi connectivity index (χ0) is 16.2. The molecule has 0 atom stereocenters. The number of carbonyl (C=O) groups is 1. The van der Waals surface area contributed by atoms with Crippen LogP contribution in [0.4, 0.5) is 5.69 Å². The van der Waals surface area contributed by atoms with E-state index in [9.17, 15) is 4.79 Å². The number of hydrogen-bond donors (Lipinski definition) is 1. The maximum Gasteiger partial charge on any atom is 0.260 e. The number of anilines is 1. The van der Waals surface area contributed by atoms with Crippen molar-refractivity contribution < 1.29 is 9.53 Å². The first-order chi connectivity index (χ1) is 11.2. The molecule has 0 saturated carbocycles. The van der Waals surface area contributed by atoms with Crippen molar-refractivity contribution in [2.24, 2.45) is 0 Å². The molecule has 0 aliphatic heterocycles. The monoisotopic (exact) mass is 302 g/mol. The third-order valence-electron chi connectivity index (χ3n) is 3.61.